The van der Waals surface area contributed by atoms with Crippen molar-refractivity contribution < 1.29 is 4.39 Å². The van der Waals surface area contributed by atoms with Gasteiger partial charge in [-0.2, -0.15) is 5.10 Å². The highest BCUT2D eigenvalue weighted by Gasteiger charge is 2.09. The van der Waals surface area contributed by atoms with E-state index in [-0.39, 0.29) is 5.82 Å². The van der Waals surface area contributed by atoms with Crippen LogP contribution in [0.25, 0.3) is 27.4 Å². The van der Waals surface area contributed by atoms with Crippen LogP contribution < -0.4 is 0 Å². The predicted molar refractivity (Wildman–Crippen MR) is 76.3 cm³/mol. The number of hydrogen-bond donors (Lipinski definition) is 0. The van der Waals surface area contributed by atoms with Crippen LogP contribution in [0.15, 0.2) is 61.1 Å². The Morgan fingerprint density at radius 3 is 2.75 bits per heavy atom. The first-order valence-electron chi connectivity index (χ1n) is 6.29. The van der Waals surface area contributed by atoms with Crippen molar-refractivity contribution in [3.8, 4) is 5.69 Å². The van der Waals surface area contributed by atoms with E-state index >= 15 is 0 Å². The molecule has 0 saturated heterocycles. The molecule has 4 aromatic rings. The van der Waals surface area contributed by atoms with Crippen LogP contribution in [0.1, 0.15) is 0 Å². The number of benzene rings is 2. The van der Waals surface area contributed by atoms with Gasteiger partial charge in [-0.15, -0.1) is 0 Å². The van der Waals surface area contributed by atoms with Gasteiger partial charge in [0.2, 0.25) is 0 Å². The van der Waals surface area contributed by atoms with Crippen LogP contribution in [0, 0.1) is 5.82 Å². The first kappa shape index (κ1) is 11.1. The van der Waals surface area contributed by atoms with Crippen LogP contribution in [0.2, 0.25) is 0 Å². The fraction of sp³-hybridized carbons (Fsp3) is 0. The number of halogens is 1. The van der Waals surface area contributed by atoms with Crippen molar-refractivity contribution in [3.63, 3.8) is 0 Å². The maximum absolute atomic E-state index is 13.5. The second kappa shape index (κ2) is 4.13. The zero-order valence-corrected chi connectivity index (χ0v) is 10.5. The minimum Gasteiger partial charge on any atom is -0.262 e. The van der Waals surface area contributed by atoms with Crippen LogP contribution in [-0.2, 0) is 0 Å². The molecular formula is C16H10FN3. The largest absolute Gasteiger partial charge is 0.262 e. The molecule has 4 heteroatoms. The molecule has 0 aliphatic carbocycles. The van der Waals surface area contributed by atoms with Crippen molar-refractivity contribution >= 4 is 21.7 Å². The van der Waals surface area contributed by atoms with E-state index in [1.807, 2.05) is 30.5 Å². The molecule has 0 atom stereocenters. The first-order valence-corrected chi connectivity index (χ1v) is 6.29. The van der Waals surface area contributed by atoms with Gasteiger partial charge in [-0.25, -0.2) is 9.07 Å². The van der Waals surface area contributed by atoms with Crippen LogP contribution >= 0.6 is 0 Å². The summed E-state index contributed by atoms with van der Waals surface area (Å²) in [5.41, 5.74) is 1.59. The number of rotatable bonds is 1. The van der Waals surface area contributed by atoms with Crippen molar-refractivity contribution in [1.29, 1.82) is 0 Å². The van der Waals surface area contributed by atoms with Crippen molar-refractivity contribution in [2.45, 2.75) is 0 Å². The Hall–Kier alpha value is -2.75. The zero-order valence-electron chi connectivity index (χ0n) is 10.5. The maximum atomic E-state index is 13.5. The summed E-state index contributed by atoms with van der Waals surface area (Å²) in [4.78, 5) is 4.24. The van der Waals surface area contributed by atoms with Gasteiger partial charge in [-0.3, -0.25) is 4.98 Å². The quantitative estimate of drug-likeness (QED) is 0.524. The third kappa shape index (κ3) is 1.58. The Balaban J connectivity index is 2.09. The normalized spacial score (nSPS) is 11.2. The third-order valence-corrected chi connectivity index (χ3v) is 3.41. The molecule has 0 fully saturated rings. The number of aromatic nitrogens is 3. The summed E-state index contributed by atoms with van der Waals surface area (Å²) in [5.74, 6) is -0.271. The molecule has 0 aliphatic heterocycles. The lowest BCUT2D eigenvalue weighted by Crippen LogP contribution is -1.98. The van der Waals surface area contributed by atoms with E-state index in [1.165, 1.54) is 12.1 Å². The van der Waals surface area contributed by atoms with Crippen LogP contribution in [0.3, 0.4) is 0 Å². The Morgan fingerprint density at radius 2 is 1.80 bits per heavy atom. The monoisotopic (exact) mass is 263 g/mol. The van der Waals surface area contributed by atoms with Crippen molar-refractivity contribution in [2.24, 2.45) is 0 Å². The average Bonchev–Trinajstić information content (AvgIpc) is 2.89. The van der Waals surface area contributed by atoms with E-state index in [9.17, 15) is 4.39 Å². The first-order chi connectivity index (χ1) is 9.83. The van der Waals surface area contributed by atoms with E-state index in [2.05, 4.69) is 10.1 Å². The van der Waals surface area contributed by atoms with Crippen molar-refractivity contribution in [2.75, 3.05) is 0 Å². The van der Waals surface area contributed by atoms with Gasteiger partial charge >= 0.3 is 0 Å². The summed E-state index contributed by atoms with van der Waals surface area (Å²) in [6.07, 6.45) is 5.29. The zero-order chi connectivity index (χ0) is 13.5. The standard InChI is InChI=1S/C16H10FN3/c17-13-6-5-12-9-19-20(15(12)7-13)16-10-18-8-11-3-1-2-4-14(11)16/h1-10H. The lowest BCUT2D eigenvalue weighted by molar-refractivity contribution is 0.629. The van der Waals surface area contributed by atoms with Gasteiger partial charge in [-0.05, 0) is 12.1 Å². The Morgan fingerprint density at radius 1 is 0.900 bits per heavy atom. The van der Waals surface area contributed by atoms with Gasteiger partial charge in [0.25, 0.3) is 0 Å². The Labute approximate surface area is 114 Å². The van der Waals surface area contributed by atoms with Gasteiger partial charge in [-0.1, -0.05) is 24.3 Å². The fourth-order valence-corrected chi connectivity index (χ4v) is 2.45. The van der Waals surface area contributed by atoms with E-state index in [0.717, 1.165) is 27.4 Å². The number of nitrogens with zero attached hydrogens (tertiary/aromatic N) is 3. The van der Waals surface area contributed by atoms with E-state index in [1.54, 1.807) is 23.1 Å². The van der Waals surface area contributed by atoms with Gasteiger partial charge < -0.3 is 0 Å². The summed E-state index contributed by atoms with van der Waals surface area (Å²) >= 11 is 0. The molecule has 0 unspecified atom stereocenters. The van der Waals surface area contributed by atoms with Crippen molar-refractivity contribution in [1.82, 2.24) is 14.8 Å². The molecule has 0 aliphatic rings. The minimum absolute atomic E-state index is 0.271. The Bertz CT molecular complexity index is 922. The summed E-state index contributed by atoms with van der Waals surface area (Å²) < 4.78 is 15.2. The van der Waals surface area contributed by atoms with Gasteiger partial charge in [0.1, 0.15) is 5.82 Å². The molecule has 0 bridgehead atoms. The molecule has 0 spiro atoms. The predicted octanol–water partition coefficient (Wildman–Crippen LogP) is 3.71. The van der Waals surface area contributed by atoms with Gasteiger partial charge in [0, 0.05) is 28.4 Å². The van der Waals surface area contributed by atoms with E-state index in [0.29, 0.717) is 0 Å². The maximum Gasteiger partial charge on any atom is 0.125 e. The molecule has 2 aromatic carbocycles. The summed E-state index contributed by atoms with van der Waals surface area (Å²) in [5, 5.41) is 7.34. The molecule has 20 heavy (non-hydrogen) atoms. The molecule has 96 valence electrons. The average molecular weight is 263 g/mol. The number of pyridine rings is 1. The van der Waals surface area contributed by atoms with E-state index in [4.69, 9.17) is 0 Å². The fourth-order valence-electron chi connectivity index (χ4n) is 2.45. The smallest absolute Gasteiger partial charge is 0.125 e. The van der Waals surface area contributed by atoms with Crippen molar-refractivity contribution in [3.05, 3.63) is 66.9 Å². The molecule has 3 nitrogen and oxygen atoms in total. The van der Waals surface area contributed by atoms with Crippen LogP contribution in [0.5, 0.6) is 0 Å². The SMILES string of the molecule is Fc1ccc2cnn(-c3cncc4ccccc34)c2c1. The molecule has 0 radical (unpaired) electrons. The van der Waals surface area contributed by atoms with Gasteiger partial charge in [0.05, 0.1) is 23.6 Å². The second-order valence-electron chi connectivity index (χ2n) is 4.64. The molecule has 0 N–H and O–H groups in total. The molecule has 0 amide bonds. The lowest BCUT2D eigenvalue weighted by atomic mass is 10.1. The van der Waals surface area contributed by atoms with Crippen LogP contribution in [0.4, 0.5) is 4.39 Å². The lowest BCUT2D eigenvalue weighted by Gasteiger charge is -2.07. The number of fused-ring (bicyclic) bond motifs is 2. The third-order valence-electron chi connectivity index (χ3n) is 3.41. The highest BCUT2D eigenvalue weighted by molar-refractivity contribution is 5.91. The molecule has 0 saturated carbocycles. The summed E-state index contributed by atoms with van der Waals surface area (Å²) in [6, 6.07) is 12.6. The Kier molecular flexibility index (Phi) is 2.29. The van der Waals surface area contributed by atoms with Gasteiger partial charge in [0.15, 0.2) is 0 Å². The molecular weight excluding hydrogens is 253 g/mol. The highest BCUT2D eigenvalue weighted by Crippen LogP contribution is 2.24. The summed E-state index contributed by atoms with van der Waals surface area (Å²) in [6.45, 7) is 0. The van der Waals surface area contributed by atoms with Crippen LogP contribution in [-0.4, -0.2) is 14.8 Å². The molecule has 4 rings (SSSR count). The second-order valence-corrected chi connectivity index (χ2v) is 4.64. The highest BCUT2D eigenvalue weighted by atomic mass is 19.1. The summed E-state index contributed by atoms with van der Waals surface area (Å²) in [7, 11) is 0. The van der Waals surface area contributed by atoms with E-state index < -0.39 is 0 Å². The molecule has 2 heterocycles. The number of hydrogen-bond acceptors (Lipinski definition) is 2. The molecule has 2 aromatic heterocycles. The minimum atomic E-state index is -0.271. The topological polar surface area (TPSA) is 30.7 Å².